The highest BCUT2D eigenvalue weighted by atomic mass is 14.9. The Bertz CT molecular complexity index is 394. The minimum Gasteiger partial charge on any atom is -0.307 e. The summed E-state index contributed by atoms with van der Waals surface area (Å²) < 4.78 is 0. The molecule has 2 atom stereocenters. The van der Waals surface area contributed by atoms with Crippen LogP contribution >= 0.6 is 0 Å². The van der Waals surface area contributed by atoms with Gasteiger partial charge in [-0.1, -0.05) is 12.5 Å². The van der Waals surface area contributed by atoms with Gasteiger partial charge in [-0.25, -0.2) is 0 Å². The van der Waals surface area contributed by atoms with Crippen LogP contribution in [0.3, 0.4) is 0 Å². The number of hydrogen-bond donors (Lipinski definition) is 1. The molecule has 2 unspecified atom stereocenters. The number of hydrogen-bond acceptors (Lipinski definition) is 3. The topological polar surface area (TPSA) is 48.7 Å². The maximum absolute atomic E-state index is 8.98. The van der Waals surface area contributed by atoms with Gasteiger partial charge >= 0.3 is 0 Å². The second-order valence-electron chi connectivity index (χ2n) is 4.42. The van der Waals surface area contributed by atoms with Crippen molar-refractivity contribution in [3.05, 3.63) is 29.6 Å². The molecule has 84 valence electrons. The van der Waals surface area contributed by atoms with Gasteiger partial charge in [0.2, 0.25) is 0 Å². The third kappa shape index (κ3) is 2.40. The van der Waals surface area contributed by atoms with E-state index in [1.165, 1.54) is 5.56 Å². The molecule has 3 nitrogen and oxygen atoms in total. The van der Waals surface area contributed by atoms with E-state index >= 15 is 0 Å². The Morgan fingerprint density at radius 3 is 3.19 bits per heavy atom. The Balaban J connectivity index is 1.93. The molecule has 0 bridgehead atoms. The highest BCUT2D eigenvalue weighted by molar-refractivity contribution is 5.17. The van der Waals surface area contributed by atoms with Crippen molar-refractivity contribution in [2.75, 3.05) is 0 Å². The molecule has 16 heavy (non-hydrogen) atoms. The summed E-state index contributed by atoms with van der Waals surface area (Å²) >= 11 is 0. The highest BCUT2D eigenvalue weighted by Crippen LogP contribution is 2.25. The van der Waals surface area contributed by atoms with Crippen molar-refractivity contribution < 1.29 is 0 Å². The maximum Gasteiger partial charge on any atom is 0.0672 e. The molecule has 1 N–H and O–H groups in total. The molecule has 0 aromatic carbocycles. The van der Waals surface area contributed by atoms with Gasteiger partial charge in [0.15, 0.2) is 0 Å². The van der Waals surface area contributed by atoms with E-state index in [2.05, 4.69) is 29.4 Å². The zero-order valence-electron chi connectivity index (χ0n) is 9.61. The fourth-order valence-corrected chi connectivity index (χ4v) is 2.29. The predicted molar refractivity (Wildman–Crippen MR) is 62.6 cm³/mol. The SMILES string of the molecule is Cc1cccnc1CNC1CCCC1C#N. The van der Waals surface area contributed by atoms with Crippen LogP contribution in [0.5, 0.6) is 0 Å². The molecule has 1 aliphatic rings. The van der Waals surface area contributed by atoms with Crippen LogP contribution in [0.4, 0.5) is 0 Å². The molecule has 2 rings (SSSR count). The van der Waals surface area contributed by atoms with Gasteiger partial charge in [0, 0.05) is 18.8 Å². The van der Waals surface area contributed by atoms with Gasteiger partial charge < -0.3 is 5.32 Å². The lowest BCUT2D eigenvalue weighted by Crippen LogP contribution is -2.31. The van der Waals surface area contributed by atoms with Crippen LogP contribution in [0, 0.1) is 24.2 Å². The Kier molecular flexibility index (Phi) is 3.53. The number of aromatic nitrogens is 1. The van der Waals surface area contributed by atoms with Crippen LogP contribution in [0.15, 0.2) is 18.3 Å². The summed E-state index contributed by atoms with van der Waals surface area (Å²) in [5.41, 5.74) is 2.30. The van der Waals surface area contributed by atoms with Gasteiger partial charge in [-0.05, 0) is 31.4 Å². The average molecular weight is 215 g/mol. The van der Waals surface area contributed by atoms with Crippen LogP contribution in [0.2, 0.25) is 0 Å². The fraction of sp³-hybridized carbons (Fsp3) is 0.538. The normalized spacial score (nSPS) is 24.2. The molecule has 1 fully saturated rings. The maximum atomic E-state index is 8.98. The highest BCUT2D eigenvalue weighted by Gasteiger charge is 2.26. The molecule has 0 amide bonds. The van der Waals surface area contributed by atoms with Crippen molar-refractivity contribution in [2.24, 2.45) is 5.92 Å². The van der Waals surface area contributed by atoms with Gasteiger partial charge in [-0.3, -0.25) is 4.98 Å². The molecule has 0 spiro atoms. The first-order chi connectivity index (χ1) is 7.81. The second-order valence-corrected chi connectivity index (χ2v) is 4.42. The molecular weight excluding hydrogens is 198 g/mol. The number of nitrogens with one attached hydrogen (secondary N) is 1. The standard InChI is InChI=1S/C13H17N3/c1-10-4-3-7-15-13(10)9-16-12-6-2-5-11(12)8-14/h3-4,7,11-12,16H,2,5-6,9H2,1H3. The van der Waals surface area contributed by atoms with Gasteiger partial charge in [-0.2, -0.15) is 5.26 Å². The Morgan fingerprint density at radius 1 is 1.56 bits per heavy atom. The lowest BCUT2D eigenvalue weighted by Gasteiger charge is -2.15. The minimum absolute atomic E-state index is 0.184. The van der Waals surface area contributed by atoms with E-state index in [9.17, 15) is 0 Å². The van der Waals surface area contributed by atoms with Crippen LogP contribution in [0.25, 0.3) is 0 Å². The molecule has 3 heteroatoms. The first-order valence-corrected chi connectivity index (χ1v) is 5.85. The van der Waals surface area contributed by atoms with E-state index in [0.717, 1.165) is 31.5 Å². The van der Waals surface area contributed by atoms with Gasteiger partial charge in [0.25, 0.3) is 0 Å². The minimum atomic E-state index is 0.184. The number of nitriles is 1. The molecule has 0 aliphatic heterocycles. The molecule has 0 saturated heterocycles. The van der Waals surface area contributed by atoms with Crippen molar-refractivity contribution >= 4 is 0 Å². The average Bonchev–Trinajstić information content (AvgIpc) is 2.75. The summed E-state index contributed by atoms with van der Waals surface area (Å²) in [6.45, 7) is 2.84. The van der Waals surface area contributed by atoms with Crippen molar-refractivity contribution in [3.8, 4) is 6.07 Å². The second kappa shape index (κ2) is 5.09. The van der Waals surface area contributed by atoms with E-state index in [0.29, 0.717) is 6.04 Å². The summed E-state index contributed by atoms with van der Waals surface area (Å²) in [4.78, 5) is 4.34. The predicted octanol–water partition coefficient (Wildman–Crippen LogP) is 2.17. The zero-order valence-corrected chi connectivity index (χ0v) is 9.61. The van der Waals surface area contributed by atoms with Crippen molar-refractivity contribution in [2.45, 2.75) is 38.8 Å². The van der Waals surface area contributed by atoms with E-state index < -0.39 is 0 Å². The van der Waals surface area contributed by atoms with E-state index in [-0.39, 0.29) is 5.92 Å². The molecule has 1 saturated carbocycles. The van der Waals surface area contributed by atoms with Gasteiger partial charge in [0.1, 0.15) is 0 Å². The van der Waals surface area contributed by atoms with Crippen molar-refractivity contribution in [1.29, 1.82) is 5.26 Å². The number of pyridine rings is 1. The summed E-state index contributed by atoms with van der Waals surface area (Å²) in [5.74, 6) is 0.184. The summed E-state index contributed by atoms with van der Waals surface area (Å²) in [5, 5.41) is 12.4. The van der Waals surface area contributed by atoms with Crippen molar-refractivity contribution in [3.63, 3.8) is 0 Å². The first-order valence-electron chi connectivity index (χ1n) is 5.85. The summed E-state index contributed by atoms with van der Waals surface area (Å²) in [7, 11) is 0. The number of rotatable bonds is 3. The molecule has 0 radical (unpaired) electrons. The largest absolute Gasteiger partial charge is 0.307 e. The lowest BCUT2D eigenvalue weighted by atomic mass is 10.1. The molecular formula is C13H17N3. The summed E-state index contributed by atoms with van der Waals surface area (Å²) in [6, 6.07) is 6.76. The van der Waals surface area contributed by atoms with Crippen LogP contribution in [-0.2, 0) is 6.54 Å². The van der Waals surface area contributed by atoms with Crippen LogP contribution < -0.4 is 5.32 Å². The van der Waals surface area contributed by atoms with E-state index in [4.69, 9.17) is 5.26 Å². The van der Waals surface area contributed by atoms with Gasteiger partial charge in [0.05, 0.1) is 17.7 Å². The van der Waals surface area contributed by atoms with Crippen LogP contribution in [0.1, 0.15) is 30.5 Å². The molecule has 1 aromatic rings. The quantitative estimate of drug-likeness (QED) is 0.840. The third-order valence-electron chi connectivity index (χ3n) is 3.33. The Morgan fingerprint density at radius 2 is 2.44 bits per heavy atom. The van der Waals surface area contributed by atoms with Crippen LogP contribution in [-0.4, -0.2) is 11.0 Å². The first kappa shape index (κ1) is 11.1. The third-order valence-corrected chi connectivity index (χ3v) is 3.33. The van der Waals surface area contributed by atoms with Crippen molar-refractivity contribution in [1.82, 2.24) is 10.3 Å². The van der Waals surface area contributed by atoms with E-state index in [1.807, 2.05) is 12.3 Å². The molecule has 1 heterocycles. The molecule has 1 aromatic heterocycles. The summed E-state index contributed by atoms with van der Waals surface area (Å²) in [6.07, 6.45) is 5.14. The number of nitrogens with zero attached hydrogens (tertiary/aromatic N) is 2. The smallest absolute Gasteiger partial charge is 0.0672 e. The monoisotopic (exact) mass is 215 g/mol. The Labute approximate surface area is 96.5 Å². The number of aryl methyl sites for hydroxylation is 1. The molecule has 1 aliphatic carbocycles. The van der Waals surface area contributed by atoms with Gasteiger partial charge in [-0.15, -0.1) is 0 Å². The zero-order chi connectivity index (χ0) is 11.4. The van der Waals surface area contributed by atoms with E-state index in [1.54, 1.807) is 0 Å². The lowest BCUT2D eigenvalue weighted by molar-refractivity contribution is 0.461. The Hall–Kier alpha value is -1.40. The fourth-order valence-electron chi connectivity index (χ4n) is 2.29.